The van der Waals surface area contributed by atoms with E-state index in [9.17, 15) is 0 Å². The molecule has 1 rings (SSSR count). The van der Waals surface area contributed by atoms with Gasteiger partial charge in [0.15, 0.2) is 6.54 Å². The second-order valence-electron chi connectivity index (χ2n) is 2.07. The molecular weight excluding hydrogens is 126 g/mol. The largest absolute Gasteiger partial charge is 0.359 e. The molecule has 1 aromatic heterocycles. The van der Waals surface area contributed by atoms with Crippen LogP contribution in [0, 0.1) is 12.0 Å². The first kappa shape index (κ1) is 6.69. The lowest BCUT2D eigenvalue weighted by Gasteiger charge is -1.81. The Hall–Kier alpha value is -1.43. The molecule has 52 valence electrons. The highest BCUT2D eigenvalue weighted by Crippen LogP contribution is 1.79. The lowest BCUT2D eigenvalue weighted by atomic mass is 10.6. The molecule has 0 aliphatic carbocycles. The average Bonchev–Trinajstić information content (AvgIpc) is 2.31. The van der Waals surface area contributed by atoms with E-state index in [1.807, 2.05) is 34.9 Å². The third kappa shape index (κ3) is 1.52. The van der Waals surface area contributed by atoms with Crippen molar-refractivity contribution in [2.45, 2.75) is 6.54 Å². The van der Waals surface area contributed by atoms with Crippen LogP contribution in [-0.2, 0) is 13.6 Å². The summed E-state index contributed by atoms with van der Waals surface area (Å²) in [5, 5.41) is 0. The standard InChI is InChI=1S/C7H10N3/c1-9-5-6-10(7-9)4-2-3-8/h5-7H,4,8H2,1H3/q+1. The predicted octanol–water partition coefficient (Wildman–Crippen LogP) is -0.768. The number of hydrogen-bond donors (Lipinski definition) is 1. The maximum absolute atomic E-state index is 5.00. The summed E-state index contributed by atoms with van der Waals surface area (Å²) in [6.45, 7) is 0.664. The number of rotatable bonds is 1. The normalized spacial score (nSPS) is 8.50. The molecular formula is C7H10N3+. The van der Waals surface area contributed by atoms with Crippen LogP contribution in [0.4, 0.5) is 0 Å². The van der Waals surface area contributed by atoms with Gasteiger partial charge < -0.3 is 5.73 Å². The van der Waals surface area contributed by atoms with Gasteiger partial charge in [-0.2, -0.15) is 0 Å². The molecule has 0 atom stereocenters. The average molecular weight is 136 g/mol. The number of aryl methyl sites for hydroxylation is 1. The molecule has 0 unspecified atom stereocenters. The minimum absolute atomic E-state index is 0.664. The van der Waals surface area contributed by atoms with E-state index in [1.165, 1.54) is 0 Å². The minimum Gasteiger partial charge on any atom is -0.359 e. The van der Waals surface area contributed by atoms with Crippen LogP contribution in [-0.4, -0.2) is 4.57 Å². The molecule has 3 nitrogen and oxygen atoms in total. The predicted molar refractivity (Wildman–Crippen MR) is 37.6 cm³/mol. The van der Waals surface area contributed by atoms with E-state index in [2.05, 4.69) is 12.0 Å². The van der Waals surface area contributed by atoms with Gasteiger partial charge in [-0.15, -0.1) is 0 Å². The molecule has 0 amide bonds. The van der Waals surface area contributed by atoms with Crippen LogP contribution < -0.4 is 10.3 Å². The molecule has 0 aliphatic rings. The molecule has 2 N–H and O–H groups in total. The monoisotopic (exact) mass is 136 g/mol. The summed E-state index contributed by atoms with van der Waals surface area (Å²) in [5.74, 6) is 2.76. The summed E-state index contributed by atoms with van der Waals surface area (Å²) in [6, 6.07) is 2.35. The van der Waals surface area contributed by atoms with Crippen molar-refractivity contribution in [1.29, 1.82) is 0 Å². The lowest BCUT2D eigenvalue weighted by Crippen LogP contribution is -2.23. The van der Waals surface area contributed by atoms with Crippen LogP contribution in [0.3, 0.4) is 0 Å². The van der Waals surface area contributed by atoms with Gasteiger partial charge in [0.1, 0.15) is 12.4 Å². The van der Waals surface area contributed by atoms with Crippen LogP contribution >= 0.6 is 0 Å². The fourth-order valence-corrected chi connectivity index (χ4v) is 0.732. The SMILES string of the molecule is C[n+]1ccn(CC#CN)c1. The second-order valence-corrected chi connectivity index (χ2v) is 2.07. The molecule has 10 heavy (non-hydrogen) atoms. The van der Waals surface area contributed by atoms with Crippen molar-refractivity contribution in [3.05, 3.63) is 18.7 Å². The third-order valence-corrected chi connectivity index (χ3v) is 1.19. The first-order valence-corrected chi connectivity index (χ1v) is 3.02. The summed E-state index contributed by atoms with van der Waals surface area (Å²) in [6.07, 6.45) is 5.85. The van der Waals surface area contributed by atoms with E-state index in [-0.39, 0.29) is 0 Å². The number of aromatic nitrogens is 2. The van der Waals surface area contributed by atoms with Crippen LogP contribution in [0.5, 0.6) is 0 Å². The molecule has 0 fully saturated rings. The zero-order chi connectivity index (χ0) is 7.40. The lowest BCUT2D eigenvalue weighted by molar-refractivity contribution is -0.671. The van der Waals surface area contributed by atoms with E-state index >= 15 is 0 Å². The molecule has 0 spiro atoms. The zero-order valence-electron chi connectivity index (χ0n) is 5.91. The molecule has 0 saturated carbocycles. The Labute approximate surface area is 60.1 Å². The van der Waals surface area contributed by atoms with Gasteiger partial charge in [-0.25, -0.2) is 9.13 Å². The van der Waals surface area contributed by atoms with Crippen LogP contribution in [0.1, 0.15) is 0 Å². The first-order valence-electron chi connectivity index (χ1n) is 3.02. The topological polar surface area (TPSA) is 34.8 Å². The molecule has 1 heterocycles. The van der Waals surface area contributed by atoms with Gasteiger partial charge in [-0.1, -0.05) is 0 Å². The highest BCUT2D eigenvalue weighted by molar-refractivity contribution is 4.94. The Kier molecular flexibility index (Phi) is 1.96. The molecule has 0 radical (unpaired) electrons. The summed E-state index contributed by atoms with van der Waals surface area (Å²) in [5.41, 5.74) is 5.00. The Bertz CT molecular complexity index is 264. The van der Waals surface area contributed by atoms with Crippen LogP contribution in [0.15, 0.2) is 18.7 Å². The highest BCUT2D eigenvalue weighted by Gasteiger charge is 1.94. The number of nitrogens with zero attached hydrogens (tertiary/aromatic N) is 2. The summed E-state index contributed by atoms with van der Waals surface area (Å²) < 4.78 is 3.91. The van der Waals surface area contributed by atoms with E-state index in [1.54, 1.807) is 0 Å². The third-order valence-electron chi connectivity index (χ3n) is 1.19. The first-order chi connectivity index (χ1) is 4.83. The fourth-order valence-electron chi connectivity index (χ4n) is 0.732. The van der Waals surface area contributed by atoms with E-state index < -0.39 is 0 Å². The second kappa shape index (κ2) is 2.92. The van der Waals surface area contributed by atoms with Gasteiger partial charge >= 0.3 is 0 Å². The highest BCUT2D eigenvalue weighted by atomic mass is 15.1. The fraction of sp³-hybridized carbons (Fsp3) is 0.286. The van der Waals surface area contributed by atoms with Crippen LogP contribution in [0.2, 0.25) is 0 Å². The number of nitrogens with two attached hydrogens (primary N) is 1. The summed E-state index contributed by atoms with van der Waals surface area (Å²) in [4.78, 5) is 0. The minimum atomic E-state index is 0.664. The molecule has 0 aromatic carbocycles. The molecule has 1 aromatic rings. The summed E-state index contributed by atoms with van der Waals surface area (Å²) in [7, 11) is 1.96. The van der Waals surface area contributed by atoms with Gasteiger partial charge in [0.05, 0.1) is 7.05 Å². The van der Waals surface area contributed by atoms with E-state index in [0.29, 0.717) is 6.54 Å². The molecule has 0 bridgehead atoms. The zero-order valence-corrected chi connectivity index (χ0v) is 5.91. The van der Waals surface area contributed by atoms with E-state index in [4.69, 9.17) is 5.73 Å². The Morgan fingerprint density at radius 1 is 1.70 bits per heavy atom. The van der Waals surface area contributed by atoms with Crippen molar-refractivity contribution in [3.63, 3.8) is 0 Å². The molecule has 0 saturated heterocycles. The maximum Gasteiger partial charge on any atom is 0.244 e. The van der Waals surface area contributed by atoms with Gasteiger partial charge in [0.2, 0.25) is 6.33 Å². The number of hydrogen-bond acceptors (Lipinski definition) is 1. The van der Waals surface area contributed by atoms with Crippen molar-refractivity contribution < 1.29 is 4.57 Å². The van der Waals surface area contributed by atoms with Crippen molar-refractivity contribution in [2.75, 3.05) is 0 Å². The Balaban J connectivity index is 2.64. The molecule has 0 aliphatic heterocycles. The summed E-state index contributed by atoms with van der Waals surface area (Å²) >= 11 is 0. The quantitative estimate of drug-likeness (QED) is 0.307. The van der Waals surface area contributed by atoms with Gasteiger partial charge in [0, 0.05) is 6.04 Å². The number of imidazole rings is 1. The smallest absolute Gasteiger partial charge is 0.244 e. The van der Waals surface area contributed by atoms with Crippen LogP contribution in [0.25, 0.3) is 0 Å². The van der Waals surface area contributed by atoms with E-state index in [0.717, 1.165) is 0 Å². The molecule has 3 heteroatoms. The Morgan fingerprint density at radius 3 is 3.00 bits per heavy atom. The van der Waals surface area contributed by atoms with Gasteiger partial charge in [-0.3, -0.25) is 0 Å². The van der Waals surface area contributed by atoms with Gasteiger partial charge in [0.25, 0.3) is 0 Å². The van der Waals surface area contributed by atoms with Crippen molar-refractivity contribution in [2.24, 2.45) is 12.8 Å². The Morgan fingerprint density at radius 2 is 2.50 bits per heavy atom. The van der Waals surface area contributed by atoms with Crippen molar-refractivity contribution in [3.8, 4) is 12.0 Å². The maximum atomic E-state index is 5.00. The van der Waals surface area contributed by atoms with Gasteiger partial charge in [-0.05, 0) is 5.92 Å². The van der Waals surface area contributed by atoms with Crippen molar-refractivity contribution >= 4 is 0 Å². The van der Waals surface area contributed by atoms with Crippen molar-refractivity contribution in [1.82, 2.24) is 4.57 Å².